The van der Waals surface area contributed by atoms with E-state index >= 15 is 0 Å². The van der Waals surface area contributed by atoms with Crippen LogP contribution in [0.2, 0.25) is 0 Å². The molecule has 1 aromatic rings. The van der Waals surface area contributed by atoms with Crippen molar-refractivity contribution in [2.75, 3.05) is 32.7 Å². The molecule has 1 fully saturated rings. The Morgan fingerprint density at radius 2 is 2.04 bits per heavy atom. The fourth-order valence-electron chi connectivity index (χ4n) is 2.60. The van der Waals surface area contributed by atoms with Crippen molar-refractivity contribution in [3.05, 3.63) is 22.4 Å². The minimum atomic E-state index is -4.36. The van der Waals surface area contributed by atoms with E-state index in [-0.39, 0.29) is 5.91 Å². The lowest BCUT2D eigenvalue weighted by atomic mass is 9.90. The van der Waals surface area contributed by atoms with E-state index < -0.39 is 24.2 Å². The zero-order valence-electron chi connectivity index (χ0n) is 13.2. The molecule has 0 bridgehead atoms. The summed E-state index contributed by atoms with van der Waals surface area (Å²) in [5.74, 6) is -0.385. The van der Waals surface area contributed by atoms with Gasteiger partial charge in [0, 0.05) is 37.6 Å². The fraction of sp³-hybridized carbons (Fsp3) is 0.667. The first-order valence-electron chi connectivity index (χ1n) is 7.56. The number of nitrogens with one attached hydrogen (secondary N) is 2. The second kappa shape index (κ2) is 7.19. The molecule has 1 saturated heterocycles. The minimum absolute atomic E-state index is 0.328. The molecular weight excluding hydrogens is 327 g/mol. The maximum absolute atomic E-state index is 13.3. The van der Waals surface area contributed by atoms with Crippen molar-refractivity contribution in [2.45, 2.75) is 31.5 Å². The molecule has 23 heavy (non-hydrogen) atoms. The van der Waals surface area contributed by atoms with E-state index in [2.05, 4.69) is 10.6 Å². The van der Waals surface area contributed by atoms with Crippen molar-refractivity contribution < 1.29 is 18.0 Å². The molecule has 2 heterocycles. The van der Waals surface area contributed by atoms with Gasteiger partial charge >= 0.3 is 6.18 Å². The Bertz CT molecular complexity index is 511. The quantitative estimate of drug-likeness (QED) is 0.854. The summed E-state index contributed by atoms with van der Waals surface area (Å²) in [4.78, 5) is 14.6. The first-order valence-corrected chi connectivity index (χ1v) is 8.44. The summed E-state index contributed by atoms with van der Waals surface area (Å²) in [6.45, 7) is 4.74. The van der Waals surface area contributed by atoms with Gasteiger partial charge in [0.1, 0.15) is 6.04 Å². The molecule has 1 atom stereocenters. The predicted molar refractivity (Wildman–Crippen MR) is 84.6 cm³/mol. The second-order valence-corrected chi connectivity index (χ2v) is 7.10. The Morgan fingerprint density at radius 1 is 1.39 bits per heavy atom. The summed E-state index contributed by atoms with van der Waals surface area (Å²) >= 11 is 1.42. The SMILES string of the molecule is CC(C)(C(=O)NCC(N1CCNCC1)C(F)(F)F)c1cccs1. The van der Waals surface area contributed by atoms with E-state index in [9.17, 15) is 18.0 Å². The van der Waals surface area contributed by atoms with E-state index in [0.29, 0.717) is 26.2 Å². The van der Waals surface area contributed by atoms with Gasteiger partial charge in [-0.05, 0) is 25.3 Å². The number of rotatable bonds is 5. The highest BCUT2D eigenvalue weighted by Gasteiger charge is 2.44. The highest BCUT2D eigenvalue weighted by molar-refractivity contribution is 7.10. The zero-order chi connectivity index (χ0) is 17.1. The van der Waals surface area contributed by atoms with Gasteiger partial charge in [-0.2, -0.15) is 13.2 Å². The molecule has 4 nitrogen and oxygen atoms in total. The number of hydrogen-bond acceptors (Lipinski definition) is 4. The Hall–Kier alpha value is -1.12. The Labute approximate surface area is 138 Å². The summed E-state index contributed by atoms with van der Waals surface area (Å²) in [6, 6.07) is 2.00. The lowest BCUT2D eigenvalue weighted by molar-refractivity contribution is -0.184. The molecule has 1 amide bonds. The lowest BCUT2D eigenvalue weighted by Gasteiger charge is -2.36. The maximum Gasteiger partial charge on any atom is 0.405 e. The van der Waals surface area contributed by atoms with E-state index in [4.69, 9.17) is 0 Å². The molecule has 8 heteroatoms. The summed E-state index contributed by atoms with van der Waals surface area (Å²) in [5, 5.41) is 7.39. The molecule has 2 rings (SSSR count). The number of nitrogens with zero attached hydrogens (tertiary/aromatic N) is 1. The number of carbonyl (C=O) groups is 1. The molecule has 0 saturated carbocycles. The van der Waals surface area contributed by atoms with Crippen molar-refractivity contribution >= 4 is 17.2 Å². The number of carbonyl (C=O) groups excluding carboxylic acids is 1. The van der Waals surface area contributed by atoms with Crippen molar-refractivity contribution in [1.82, 2.24) is 15.5 Å². The van der Waals surface area contributed by atoms with Gasteiger partial charge in [0.2, 0.25) is 5.91 Å². The average Bonchev–Trinajstić information content (AvgIpc) is 3.02. The topological polar surface area (TPSA) is 44.4 Å². The smallest absolute Gasteiger partial charge is 0.353 e. The van der Waals surface area contributed by atoms with E-state index in [1.165, 1.54) is 16.2 Å². The Morgan fingerprint density at radius 3 is 2.57 bits per heavy atom. The third-order valence-electron chi connectivity index (χ3n) is 4.13. The van der Waals surface area contributed by atoms with Gasteiger partial charge in [-0.1, -0.05) is 6.07 Å². The van der Waals surface area contributed by atoms with E-state index in [1.54, 1.807) is 13.8 Å². The van der Waals surface area contributed by atoms with Crippen LogP contribution in [0.25, 0.3) is 0 Å². The Balaban J connectivity index is 2.01. The van der Waals surface area contributed by atoms with Gasteiger partial charge in [-0.15, -0.1) is 11.3 Å². The van der Waals surface area contributed by atoms with Gasteiger partial charge < -0.3 is 10.6 Å². The lowest BCUT2D eigenvalue weighted by Crippen LogP contribution is -2.58. The normalized spacial score (nSPS) is 18.7. The largest absolute Gasteiger partial charge is 0.405 e. The first kappa shape index (κ1) is 18.2. The molecule has 2 N–H and O–H groups in total. The maximum atomic E-state index is 13.3. The van der Waals surface area contributed by atoms with Gasteiger partial charge in [0.25, 0.3) is 0 Å². The molecule has 1 unspecified atom stereocenters. The number of piperazine rings is 1. The van der Waals surface area contributed by atoms with Crippen molar-refractivity contribution in [3.63, 3.8) is 0 Å². The van der Waals surface area contributed by atoms with Gasteiger partial charge in [-0.3, -0.25) is 9.69 Å². The van der Waals surface area contributed by atoms with Crippen LogP contribution in [0.3, 0.4) is 0 Å². The zero-order valence-corrected chi connectivity index (χ0v) is 14.1. The Kier molecular flexibility index (Phi) is 5.70. The third kappa shape index (κ3) is 4.45. The fourth-order valence-corrected chi connectivity index (χ4v) is 3.45. The molecule has 0 aliphatic carbocycles. The van der Waals surface area contributed by atoms with Gasteiger partial charge in [0.15, 0.2) is 0 Å². The van der Waals surface area contributed by atoms with Crippen LogP contribution in [0.15, 0.2) is 17.5 Å². The van der Waals surface area contributed by atoms with Crippen LogP contribution in [-0.4, -0.2) is 55.7 Å². The highest BCUT2D eigenvalue weighted by atomic mass is 32.1. The van der Waals surface area contributed by atoms with Crippen molar-refractivity contribution in [2.24, 2.45) is 0 Å². The molecule has 1 aliphatic heterocycles. The second-order valence-electron chi connectivity index (χ2n) is 6.16. The van der Waals surface area contributed by atoms with Crippen LogP contribution in [0.1, 0.15) is 18.7 Å². The minimum Gasteiger partial charge on any atom is -0.353 e. The van der Waals surface area contributed by atoms with Crippen LogP contribution in [0.5, 0.6) is 0 Å². The van der Waals surface area contributed by atoms with Gasteiger partial charge in [0.05, 0.1) is 5.41 Å². The number of thiophene rings is 1. The van der Waals surface area contributed by atoms with Crippen LogP contribution < -0.4 is 10.6 Å². The van der Waals surface area contributed by atoms with Crippen LogP contribution in [-0.2, 0) is 10.2 Å². The monoisotopic (exact) mass is 349 g/mol. The summed E-state index contributed by atoms with van der Waals surface area (Å²) in [5.41, 5.74) is -0.840. The molecule has 130 valence electrons. The molecule has 0 radical (unpaired) electrons. The summed E-state index contributed by atoms with van der Waals surface area (Å²) < 4.78 is 39.9. The van der Waals surface area contributed by atoms with Crippen LogP contribution >= 0.6 is 11.3 Å². The molecular formula is C15H22F3N3OS. The number of amides is 1. The van der Waals surface area contributed by atoms with Crippen molar-refractivity contribution in [3.8, 4) is 0 Å². The molecule has 1 aliphatic rings. The number of alkyl halides is 3. The predicted octanol–water partition coefficient (Wildman–Crippen LogP) is 1.98. The summed E-state index contributed by atoms with van der Waals surface area (Å²) in [6.07, 6.45) is -4.36. The van der Waals surface area contributed by atoms with Gasteiger partial charge in [-0.25, -0.2) is 0 Å². The molecule has 0 spiro atoms. The average molecular weight is 349 g/mol. The third-order valence-corrected chi connectivity index (χ3v) is 5.32. The number of halogens is 3. The molecule has 0 aromatic carbocycles. The van der Waals surface area contributed by atoms with E-state index in [1.807, 2.05) is 17.5 Å². The summed E-state index contributed by atoms with van der Waals surface area (Å²) in [7, 11) is 0. The molecule has 1 aromatic heterocycles. The van der Waals surface area contributed by atoms with Crippen LogP contribution in [0, 0.1) is 0 Å². The highest BCUT2D eigenvalue weighted by Crippen LogP contribution is 2.28. The number of hydrogen-bond donors (Lipinski definition) is 2. The standard InChI is InChI=1S/C15H22F3N3OS/c1-14(2,12-4-3-9-23-12)13(22)20-10-11(15(16,17)18)21-7-5-19-6-8-21/h3-4,9,11,19H,5-8,10H2,1-2H3,(H,20,22). The van der Waals surface area contributed by atoms with Crippen LogP contribution in [0.4, 0.5) is 13.2 Å². The van der Waals surface area contributed by atoms with E-state index in [0.717, 1.165) is 4.88 Å². The first-order chi connectivity index (χ1) is 10.7. The van der Waals surface area contributed by atoms with Crippen molar-refractivity contribution in [1.29, 1.82) is 0 Å².